The molecule has 7 nitrogen and oxygen atoms in total. The Hall–Kier alpha value is -4.52. The molecule has 1 aliphatic rings. The van der Waals surface area contributed by atoms with Crippen molar-refractivity contribution in [1.29, 1.82) is 5.26 Å². The van der Waals surface area contributed by atoms with E-state index < -0.39 is 18.4 Å². The zero-order valence-electron chi connectivity index (χ0n) is 20.3. The van der Waals surface area contributed by atoms with Crippen molar-refractivity contribution in [2.75, 3.05) is 5.32 Å². The number of carbonyl (C=O) groups is 1. The third kappa shape index (κ3) is 4.63. The van der Waals surface area contributed by atoms with Gasteiger partial charge >= 0.3 is 12.3 Å². The number of nitriles is 1. The number of ether oxygens (including phenoxy) is 1. The van der Waals surface area contributed by atoms with Crippen LogP contribution >= 0.6 is 0 Å². The minimum Gasteiger partial charge on any atom is -0.437 e. The highest BCUT2D eigenvalue weighted by molar-refractivity contribution is 5.96. The fourth-order valence-electron chi connectivity index (χ4n) is 4.60. The van der Waals surface area contributed by atoms with Crippen molar-refractivity contribution in [2.45, 2.75) is 44.5 Å². The summed E-state index contributed by atoms with van der Waals surface area (Å²) in [5, 5.41) is 13.2. The van der Waals surface area contributed by atoms with Crippen LogP contribution in [0.4, 0.5) is 23.7 Å². The topological polar surface area (TPSA) is 89.1 Å². The van der Waals surface area contributed by atoms with Gasteiger partial charge in [0.25, 0.3) is 5.56 Å². The van der Waals surface area contributed by atoms with E-state index in [9.17, 15) is 28.0 Å². The average Bonchev–Trinajstić information content (AvgIpc) is 3.16. The molecule has 2 aromatic carbocycles. The molecule has 1 fully saturated rings. The number of fused-ring (bicyclic) bond motifs is 1. The van der Waals surface area contributed by atoms with Gasteiger partial charge in [-0.1, -0.05) is 18.2 Å². The zero-order valence-corrected chi connectivity index (χ0v) is 20.3. The summed E-state index contributed by atoms with van der Waals surface area (Å²) in [6.45, 7) is 0.755. The van der Waals surface area contributed by atoms with Gasteiger partial charge in [-0.05, 0) is 68.1 Å². The van der Waals surface area contributed by atoms with Crippen molar-refractivity contribution < 1.29 is 22.7 Å². The third-order valence-corrected chi connectivity index (χ3v) is 6.79. The smallest absolute Gasteiger partial charge is 0.425 e. The van der Waals surface area contributed by atoms with Crippen molar-refractivity contribution in [2.24, 2.45) is 0 Å². The first-order valence-electron chi connectivity index (χ1n) is 12.1. The molecule has 1 saturated carbocycles. The van der Waals surface area contributed by atoms with Gasteiger partial charge in [0.1, 0.15) is 6.07 Å². The molecule has 1 aliphatic carbocycles. The Bertz CT molecular complexity index is 1610. The van der Waals surface area contributed by atoms with Gasteiger partial charge in [0.2, 0.25) is 0 Å². The molecule has 0 radical (unpaired) electrons. The van der Waals surface area contributed by atoms with Crippen LogP contribution in [0.3, 0.4) is 0 Å². The van der Waals surface area contributed by atoms with E-state index in [1.54, 1.807) is 53.2 Å². The zero-order chi connectivity index (χ0) is 27.0. The van der Waals surface area contributed by atoms with Crippen LogP contribution in [0, 0.1) is 11.3 Å². The van der Waals surface area contributed by atoms with Crippen LogP contribution in [-0.2, 0) is 4.74 Å². The summed E-state index contributed by atoms with van der Waals surface area (Å²) in [5.74, 6) is 0. The van der Waals surface area contributed by atoms with E-state index in [4.69, 9.17) is 0 Å². The average molecular weight is 521 g/mol. The highest BCUT2D eigenvalue weighted by atomic mass is 19.4. The van der Waals surface area contributed by atoms with Crippen LogP contribution in [0.5, 0.6) is 0 Å². The third-order valence-electron chi connectivity index (χ3n) is 6.79. The highest BCUT2D eigenvalue weighted by Crippen LogP contribution is 2.43. The summed E-state index contributed by atoms with van der Waals surface area (Å²) in [7, 11) is 0. The van der Waals surface area contributed by atoms with Crippen LogP contribution in [0.2, 0.25) is 0 Å². The molecule has 2 aromatic heterocycles. The SMILES string of the molecule is C[C@@H](OC(=O)Nc1ccc(-c2c(C#N)c3ccc(-n4ccccc4=O)cc3n2C2CCC2)cc1)C(F)(F)F. The van der Waals surface area contributed by atoms with Crippen LogP contribution in [-0.4, -0.2) is 27.5 Å². The summed E-state index contributed by atoms with van der Waals surface area (Å²) in [4.78, 5) is 24.3. The summed E-state index contributed by atoms with van der Waals surface area (Å²) in [6.07, 6.45) is -3.47. The fourth-order valence-corrected chi connectivity index (χ4v) is 4.60. The van der Waals surface area contributed by atoms with Gasteiger partial charge in [0, 0.05) is 29.4 Å². The number of aromatic nitrogens is 2. The Morgan fingerprint density at radius 2 is 1.87 bits per heavy atom. The largest absolute Gasteiger partial charge is 0.437 e. The van der Waals surface area contributed by atoms with Crippen LogP contribution in [0.15, 0.2) is 71.7 Å². The Balaban J connectivity index is 1.54. The normalized spacial score (nSPS) is 14.5. The number of rotatable bonds is 5. The molecule has 0 unspecified atom stereocenters. The molecule has 2 heterocycles. The maximum atomic E-state index is 12.7. The van der Waals surface area contributed by atoms with Crippen molar-refractivity contribution >= 4 is 22.7 Å². The number of alkyl halides is 3. The molecule has 0 bridgehead atoms. The number of benzene rings is 2. The molecule has 0 spiro atoms. The molecular weight excluding hydrogens is 497 g/mol. The molecule has 38 heavy (non-hydrogen) atoms. The van der Waals surface area contributed by atoms with Crippen molar-refractivity contribution in [1.82, 2.24) is 9.13 Å². The maximum Gasteiger partial charge on any atom is 0.425 e. The van der Waals surface area contributed by atoms with Crippen LogP contribution in [0.25, 0.3) is 27.8 Å². The number of halogens is 3. The predicted molar refractivity (Wildman–Crippen MR) is 136 cm³/mol. The van der Waals surface area contributed by atoms with Gasteiger partial charge in [-0.2, -0.15) is 18.4 Å². The first kappa shape index (κ1) is 25.1. The lowest BCUT2D eigenvalue weighted by Crippen LogP contribution is -2.32. The number of amides is 1. The van der Waals surface area contributed by atoms with Crippen LogP contribution in [0.1, 0.15) is 37.8 Å². The lowest BCUT2D eigenvalue weighted by atomic mass is 9.92. The minimum absolute atomic E-state index is 0.166. The quantitative estimate of drug-likeness (QED) is 0.323. The van der Waals surface area contributed by atoms with Gasteiger partial charge in [0.15, 0.2) is 6.10 Å². The van der Waals surface area contributed by atoms with Gasteiger partial charge in [-0.15, -0.1) is 0 Å². The standard InChI is InChI=1S/C28H23F3N4O3/c1-17(28(29,30)31)38-27(37)33-19-10-8-18(9-11-19)26-23(16-32)22-13-12-21(34-14-3-2-7-25(34)36)15-24(22)35(26)20-5-4-6-20/h2-3,7-15,17,20H,4-6H2,1H3,(H,33,37)/t17-/m1/s1. The number of nitrogens with zero attached hydrogens (tertiary/aromatic N) is 3. The maximum absolute atomic E-state index is 12.7. The number of hydrogen-bond donors (Lipinski definition) is 1. The molecule has 1 atom stereocenters. The van der Waals surface area contributed by atoms with Crippen molar-refractivity contribution in [3.05, 3.63) is 82.8 Å². The van der Waals surface area contributed by atoms with E-state index in [2.05, 4.69) is 20.7 Å². The summed E-state index contributed by atoms with van der Waals surface area (Å²) in [5.41, 5.74) is 3.52. The molecule has 4 aromatic rings. The van der Waals surface area contributed by atoms with E-state index in [-0.39, 0.29) is 17.3 Å². The van der Waals surface area contributed by atoms with Gasteiger partial charge < -0.3 is 9.30 Å². The van der Waals surface area contributed by atoms with E-state index in [1.165, 1.54) is 6.07 Å². The van der Waals surface area contributed by atoms with E-state index >= 15 is 0 Å². The van der Waals surface area contributed by atoms with Crippen LogP contribution < -0.4 is 10.9 Å². The molecule has 10 heteroatoms. The summed E-state index contributed by atoms with van der Waals surface area (Å²) in [6, 6.07) is 19.5. The second-order valence-corrected chi connectivity index (χ2v) is 9.19. The Morgan fingerprint density at radius 3 is 2.47 bits per heavy atom. The first-order chi connectivity index (χ1) is 18.2. The highest BCUT2D eigenvalue weighted by Gasteiger charge is 2.39. The molecule has 0 aliphatic heterocycles. The van der Waals surface area contributed by atoms with E-state index in [0.29, 0.717) is 22.5 Å². The molecule has 5 rings (SSSR count). The van der Waals surface area contributed by atoms with Crippen molar-refractivity contribution in [3.8, 4) is 23.0 Å². The second-order valence-electron chi connectivity index (χ2n) is 9.19. The fraction of sp³-hybridized carbons (Fsp3) is 0.250. The Labute approximate surface area is 215 Å². The number of nitrogens with one attached hydrogen (secondary N) is 1. The Kier molecular flexibility index (Phi) is 6.45. The lowest BCUT2D eigenvalue weighted by molar-refractivity contribution is -0.196. The monoisotopic (exact) mass is 520 g/mol. The molecule has 1 N–H and O–H groups in total. The Morgan fingerprint density at radius 1 is 1.13 bits per heavy atom. The van der Waals surface area contributed by atoms with Gasteiger partial charge in [-0.25, -0.2) is 4.79 Å². The summed E-state index contributed by atoms with van der Waals surface area (Å²) < 4.78 is 46.1. The number of anilines is 1. The number of hydrogen-bond acceptors (Lipinski definition) is 4. The predicted octanol–water partition coefficient (Wildman–Crippen LogP) is 6.56. The molecule has 1 amide bonds. The van der Waals surface area contributed by atoms with E-state index in [1.807, 2.05) is 12.1 Å². The van der Waals surface area contributed by atoms with E-state index in [0.717, 1.165) is 37.1 Å². The van der Waals surface area contributed by atoms with Crippen molar-refractivity contribution in [3.63, 3.8) is 0 Å². The first-order valence-corrected chi connectivity index (χ1v) is 12.1. The lowest BCUT2D eigenvalue weighted by Gasteiger charge is -2.30. The summed E-state index contributed by atoms with van der Waals surface area (Å²) >= 11 is 0. The second kappa shape index (κ2) is 9.74. The molecule has 194 valence electrons. The van der Waals surface area contributed by atoms with Gasteiger partial charge in [0.05, 0.1) is 22.5 Å². The molecule has 0 saturated heterocycles. The minimum atomic E-state index is -4.65. The molecular formula is C28H23F3N4O3. The number of carbonyl (C=O) groups excluding carboxylic acids is 1. The number of pyridine rings is 1. The van der Waals surface area contributed by atoms with Gasteiger partial charge in [-0.3, -0.25) is 14.7 Å².